The lowest BCUT2D eigenvalue weighted by Crippen LogP contribution is -2.27. The molecule has 1 aromatic heterocycles. The lowest BCUT2D eigenvalue weighted by molar-refractivity contribution is -0.118. The Labute approximate surface area is 144 Å². The second-order valence-corrected chi connectivity index (χ2v) is 7.48. The first-order chi connectivity index (χ1) is 11.0. The molecule has 23 heavy (non-hydrogen) atoms. The third-order valence-corrected chi connectivity index (χ3v) is 4.98. The Morgan fingerprint density at radius 3 is 2.87 bits per heavy atom. The zero-order valence-corrected chi connectivity index (χ0v) is 15.2. The van der Waals surface area contributed by atoms with Crippen LogP contribution in [0.15, 0.2) is 28.6 Å². The summed E-state index contributed by atoms with van der Waals surface area (Å²) in [5, 5.41) is 11.4. The molecule has 124 valence electrons. The summed E-state index contributed by atoms with van der Waals surface area (Å²) in [6.07, 6.45) is 0.916. The molecule has 0 bridgehead atoms. The molecule has 0 radical (unpaired) electrons. The number of hydrogen-bond donors (Lipinski definition) is 1. The number of amides is 1. The first-order valence-electron chi connectivity index (χ1n) is 7.48. The van der Waals surface area contributed by atoms with Crippen molar-refractivity contribution in [3.05, 3.63) is 35.4 Å². The molecule has 0 aliphatic heterocycles. The number of aryl methyl sites for hydroxylation is 1. The molecular weight excluding hydrogens is 330 g/mol. The quantitative estimate of drug-likeness (QED) is 0.741. The van der Waals surface area contributed by atoms with E-state index in [0.717, 1.165) is 10.8 Å². The van der Waals surface area contributed by atoms with Gasteiger partial charge in [0.05, 0.1) is 11.9 Å². The number of thioether (sulfide) groups is 1. The van der Waals surface area contributed by atoms with E-state index in [-0.39, 0.29) is 12.0 Å². The summed E-state index contributed by atoms with van der Waals surface area (Å²) < 4.78 is 6.20. The van der Waals surface area contributed by atoms with Crippen LogP contribution in [0.1, 0.15) is 25.0 Å². The molecule has 0 spiro atoms. The summed E-state index contributed by atoms with van der Waals surface area (Å²) in [5.41, 5.74) is 2.52. The predicted octanol–water partition coefficient (Wildman–Crippen LogP) is 3.08. The third kappa shape index (κ3) is 6.19. The van der Waals surface area contributed by atoms with Gasteiger partial charge in [-0.25, -0.2) is 0 Å². The third-order valence-electron chi connectivity index (χ3n) is 3.03. The molecular formula is C16H21N3O2S2. The van der Waals surface area contributed by atoms with Crippen LogP contribution in [0, 0.1) is 6.92 Å². The first kappa shape index (κ1) is 17.7. The maximum Gasteiger partial charge on any atom is 0.295 e. The summed E-state index contributed by atoms with van der Waals surface area (Å²) in [6, 6.07) is 8.21. The minimum Gasteiger partial charge on any atom is -0.466 e. The molecule has 0 saturated heterocycles. The van der Waals surface area contributed by atoms with Crippen molar-refractivity contribution in [1.82, 2.24) is 15.5 Å². The average molecular weight is 351 g/mol. The van der Waals surface area contributed by atoms with Gasteiger partial charge in [0.1, 0.15) is 0 Å². The molecule has 2 rings (SSSR count). The minimum atomic E-state index is 0.00473. The standard InChI is InChI=1S/C16H21N3O2S2/c1-11(2)21-15-18-19-16(23-15)22-10-14(20)17-9-8-13-7-5-4-6-12(13)3/h4-7,11H,8-10H2,1-3H3,(H,17,20). The number of hydrogen-bond acceptors (Lipinski definition) is 6. The summed E-state index contributed by atoms with van der Waals surface area (Å²) in [5.74, 6) is 0.342. The molecule has 5 nitrogen and oxygen atoms in total. The van der Waals surface area contributed by atoms with Gasteiger partial charge in [-0.3, -0.25) is 4.79 Å². The molecule has 0 saturated carbocycles. The van der Waals surface area contributed by atoms with Crippen LogP contribution in [0.4, 0.5) is 0 Å². The molecule has 0 aliphatic rings. The Bertz CT molecular complexity index is 644. The molecule has 1 N–H and O–H groups in total. The van der Waals surface area contributed by atoms with E-state index in [1.807, 2.05) is 26.0 Å². The zero-order valence-electron chi connectivity index (χ0n) is 13.5. The van der Waals surface area contributed by atoms with Crippen molar-refractivity contribution >= 4 is 29.0 Å². The fourth-order valence-corrected chi connectivity index (χ4v) is 3.55. The van der Waals surface area contributed by atoms with Gasteiger partial charge in [-0.15, -0.1) is 5.10 Å². The van der Waals surface area contributed by atoms with Crippen LogP contribution >= 0.6 is 23.1 Å². The van der Waals surface area contributed by atoms with Crippen LogP contribution in [0.2, 0.25) is 0 Å². The van der Waals surface area contributed by atoms with Crippen LogP contribution < -0.4 is 10.1 Å². The van der Waals surface area contributed by atoms with Crippen LogP contribution in [0.25, 0.3) is 0 Å². The van der Waals surface area contributed by atoms with E-state index in [4.69, 9.17) is 4.74 Å². The number of benzene rings is 1. The molecule has 1 heterocycles. The molecule has 2 aromatic rings. The minimum absolute atomic E-state index is 0.00473. The highest BCUT2D eigenvalue weighted by atomic mass is 32.2. The van der Waals surface area contributed by atoms with Crippen LogP contribution in [0.3, 0.4) is 0 Å². The largest absolute Gasteiger partial charge is 0.466 e. The van der Waals surface area contributed by atoms with Gasteiger partial charge in [-0.2, -0.15) is 0 Å². The van der Waals surface area contributed by atoms with E-state index in [1.54, 1.807) is 0 Å². The van der Waals surface area contributed by atoms with E-state index in [1.165, 1.54) is 34.2 Å². The van der Waals surface area contributed by atoms with Gasteiger partial charge in [0.25, 0.3) is 5.19 Å². The Morgan fingerprint density at radius 2 is 2.13 bits per heavy atom. The summed E-state index contributed by atoms with van der Waals surface area (Å²) in [6.45, 7) is 6.60. The van der Waals surface area contributed by atoms with E-state index < -0.39 is 0 Å². The van der Waals surface area contributed by atoms with Crippen LogP contribution in [-0.4, -0.2) is 34.5 Å². The normalized spacial score (nSPS) is 10.8. The van der Waals surface area contributed by atoms with E-state index in [2.05, 4.69) is 34.6 Å². The molecule has 0 aliphatic carbocycles. The highest BCUT2D eigenvalue weighted by molar-refractivity contribution is 8.01. The van der Waals surface area contributed by atoms with Gasteiger partial charge in [-0.1, -0.05) is 41.1 Å². The number of nitrogens with one attached hydrogen (secondary N) is 1. The lowest BCUT2D eigenvalue weighted by atomic mass is 10.1. The Morgan fingerprint density at radius 1 is 1.35 bits per heavy atom. The molecule has 0 fully saturated rings. The van der Waals surface area contributed by atoms with Gasteiger partial charge in [0, 0.05) is 6.54 Å². The van der Waals surface area contributed by atoms with Gasteiger partial charge in [0.15, 0.2) is 4.34 Å². The topological polar surface area (TPSA) is 64.1 Å². The highest BCUT2D eigenvalue weighted by Crippen LogP contribution is 2.27. The summed E-state index contributed by atoms with van der Waals surface area (Å²) in [4.78, 5) is 11.9. The number of carbonyl (C=O) groups is 1. The van der Waals surface area contributed by atoms with E-state index in [0.29, 0.717) is 17.5 Å². The molecule has 7 heteroatoms. The smallest absolute Gasteiger partial charge is 0.295 e. The van der Waals surface area contributed by atoms with Crippen molar-refractivity contribution in [1.29, 1.82) is 0 Å². The number of rotatable bonds is 8. The van der Waals surface area contributed by atoms with Crippen molar-refractivity contribution in [2.45, 2.75) is 37.6 Å². The molecule has 0 unspecified atom stereocenters. The van der Waals surface area contributed by atoms with E-state index in [9.17, 15) is 4.79 Å². The van der Waals surface area contributed by atoms with Crippen LogP contribution in [0.5, 0.6) is 5.19 Å². The Hall–Kier alpha value is -1.60. The van der Waals surface area contributed by atoms with Gasteiger partial charge >= 0.3 is 0 Å². The number of aromatic nitrogens is 2. The lowest BCUT2D eigenvalue weighted by Gasteiger charge is -2.06. The molecule has 0 atom stereocenters. The molecule has 1 aromatic carbocycles. The van der Waals surface area contributed by atoms with Crippen molar-refractivity contribution in [2.75, 3.05) is 12.3 Å². The highest BCUT2D eigenvalue weighted by Gasteiger charge is 2.09. The Kier molecular flexibility index (Phi) is 6.85. The second kappa shape index (κ2) is 8.88. The zero-order chi connectivity index (χ0) is 16.7. The fourth-order valence-electron chi connectivity index (χ4n) is 1.91. The molecule has 1 amide bonds. The SMILES string of the molecule is Cc1ccccc1CCNC(=O)CSc1nnc(OC(C)C)s1. The number of carbonyl (C=O) groups excluding carboxylic acids is 1. The van der Waals surface area contributed by atoms with Gasteiger partial charge < -0.3 is 10.1 Å². The van der Waals surface area contributed by atoms with Gasteiger partial charge in [0.2, 0.25) is 5.91 Å². The second-order valence-electron chi connectivity index (χ2n) is 5.32. The van der Waals surface area contributed by atoms with Gasteiger partial charge in [-0.05, 0) is 49.7 Å². The van der Waals surface area contributed by atoms with Crippen molar-refractivity contribution < 1.29 is 9.53 Å². The maximum absolute atomic E-state index is 11.9. The van der Waals surface area contributed by atoms with Crippen molar-refractivity contribution in [3.63, 3.8) is 0 Å². The number of nitrogens with zero attached hydrogens (tertiary/aromatic N) is 2. The monoisotopic (exact) mass is 351 g/mol. The maximum atomic E-state index is 11.9. The fraction of sp³-hybridized carbons (Fsp3) is 0.438. The first-order valence-corrected chi connectivity index (χ1v) is 9.29. The predicted molar refractivity (Wildman–Crippen MR) is 94.3 cm³/mol. The van der Waals surface area contributed by atoms with Crippen molar-refractivity contribution in [2.24, 2.45) is 0 Å². The van der Waals surface area contributed by atoms with Crippen LogP contribution in [-0.2, 0) is 11.2 Å². The summed E-state index contributed by atoms with van der Waals surface area (Å²) >= 11 is 2.74. The average Bonchev–Trinajstić information content (AvgIpc) is 2.94. The number of ether oxygens (including phenoxy) is 1. The Balaban J connectivity index is 1.69. The summed E-state index contributed by atoms with van der Waals surface area (Å²) in [7, 11) is 0. The van der Waals surface area contributed by atoms with E-state index >= 15 is 0 Å². The van der Waals surface area contributed by atoms with Crippen molar-refractivity contribution in [3.8, 4) is 5.19 Å².